The van der Waals surface area contributed by atoms with Crippen LogP contribution < -0.4 is 22.1 Å². The monoisotopic (exact) mass is 493 g/mol. The molecule has 1 aliphatic heterocycles. The number of piperidine rings is 1. The summed E-state index contributed by atoms with van der Waals surface area (Å²) >= 11 is 6.25. The maximum absolute atomic E-state index is 14.6. The van der Waals surface area contributed by atoms with Gasteiger partial charge in [0, 0.05) is 36.2 Å². The number of nitrogens with zero attached hydrogens (tertiary/aromatic N) is 3. The van der Waals surface area contributed by atoms with Crippen molar-refractivity contribution < 1.29 is 9.18 Å². The van der Waals surface area contributed by atoms with Gasteiger partial charge in [-0.2, -0.15) is 0 Å². The van der Waals surface area contributed by atoms with Crippen LogP contribution in [0.2, 0.25) is 5.02 Å². The summed E-state index contributed by atoms with van der Waals surface area (Å²) < 4.78 is 14.6. The van der Waals surface area contributed by atoms with Crippen LogP contribution in [0.25, 0.3) is 0 Å². The van der Waals surface area contributed by atoms with Crippen molar-refractivity contribution in [1.29, 1.82) is 5.41 Å². The van der Waals surface area contributed by atoms with Crippen molar-refractivity contribution in [2.75, 3.05) is 30.3 Å². The smallest absolute Gasteiger partial charge is 0.248 e. The van der Waals surface area contributed by atoms with E-state index in [2.05, 4.69) is 14.9 Å². The van der Waals surface area contributed by atoms with E-state index in [1.165, 1.54) is 24.3 Å². The summed E-state index contributed by atoms with van der Waals surface area (Å²) in [5.74, 6) is 0.334. The molecular weight excluding hydrogens is 469 g/mol. The molecule has 8 nitrogen and oxygen atoms in total. The molecule has 7 N–H and O–H groups in total. The minimum atomic E-state index is -0.627. The van der Waals surface area contributed by atoms with Crippen molar-refractivity contribution in [2.24, 2.45) is 23.3 Å². The number of aromatic nitrogens is 2. The number of halogens is 2. The molecule has 35 heavy (non-hydrogen) atoms. The van der Waals surface area contributed by atoms with E-state index >= 15 is 0 Å². The van der Waals surface area contributed by atoms with E-state index in [0.717, 1.165) is 13.0 Å². The van der Waals surface area contributed by atoms with Gasteiger partial charge in [0.2, 0.25) is 5.91 Å². The molecule has 1 amide bonds. The Morgan fingerprint density at radius 3 is 2.71 bits per heavy atom. The van der Waals surface area contributed by atoms with Gasteiger partial charge < -0.3 is 22.1 Å². The van der Waals surface area contributed by atoms with Gasteiger partial charge in [0.25, 0.3) is 0 Å². The zero-order valence-electron chi connectivity index (χ0n) is 18.8. The molecule has 2 fully saturated rings. The molecule has 1 aliphatic carbocycles. The second-order valence-corrected chi connectivity index (χ2v) is 9.48. The van der Waals surface area contributed by atoms with Crippen LogP contribution in [0.1, 0.15) is 33.6 Å². The molecule has 3 atom stereocenters. The SMILES string of the molecule is N=C(c1cc(C(N)=O)ccc1Cl)c1ncc(N2CC[C@@H]3[C@H](C2)[C@@]3(CN)c2ccccc2F)nc1N. The summed E-state index contributed by atoms with van der Waals surface area (Å²) in [5, 5.41) is 8.82. The summed E-state index contributed by atoms with van der Waals surface area (Å²) in [6, 6.07) is 11.3. The Bertz CT molecular complexity index is 1350. The molecule has 0 unspecified atom stereocenters. The Morgan fingerprint density at radius 1 is 1.26 bits per heavy atom. The number of nitrogens with one attached hydrogen (secondary N) is 1. The highest BCUT2D eigenvalue weighted by Gasteiger charge is 2.66. The molecule has 1 saturated heterocycles. The normalized spacial score (nSPS) is 23.0. The fraction of sp³-hybridized carbons (Fsp3) is 0.280. The van der Waals surface area contributed by atoms with Crippen molar-refractivity contribution >= 4 is 34.9 Å². The lowest BCUT2D eigenvalue weighted by Crippen LogP contribution is -2.33. The number of carbonyl (C=O) groups excluding carboxylic acids is 1. The number of nitrogens with two attached hydrogens (primary N) is 3. The first kappa shape index (κ1) is 23.2. The lowest BCUT2D eigenvalue weighted by atomic mass is 9.91. The molecule has 2 aliphatic rings. The predicted octanol–water partition coefficient (Wildman–Crippen LogP) is 2.72. The third-order valence-corrected chi connectivity index (χ3v) is 7.74. The Balaban J connectivity index is 1.39. The van der Waals surface area contributed by atoms with Gasteiger partial charge in [0.15, 0.2) is 5.82 Å². The molecule has 3 aromatic rings. The average Bonchev–Trinajstić information content (AvgIpc) is 3.51. The quantitative estimate of drug-likeness (QED) is 0.388. The Kier molecular flexibility index (Phi) is 5.69. The number of hydrogen-bond donors (Lipinski definition) is 4. The minimum Gasteiger partial charge on any atom is -0.382 e. The summed E-state index contributed by atoms with van der Waals surface area (Å²) in [4.78, 5) is 22.5. The molecule has 10 heteroatoms. The van der Waals surface area contributed by atoms with Gasteiger partial charge in [-0.05, 0) is 48.1 Å². The summed E-state index contributed by atoms with van der Waals surface area (Å²) in [6.45, 7) is 1.76. The molecule has 1 saturated carbocycles. The number of hydrogen-bond acceptors (Lipinski definition) is 7. The van der Waals surface area contributed by atoms with E-state index < -0.39 is 5.91 Å². The van der Waals surface area contributed by atoms with E-state index in [1.807, 2.05) is 12.1 Å². The van der Waals surface area contributed by atoms with Crippen LogP contribution in [-0.4, -0.2) is 41.2 Å². The van der Waals surface area contributed by atoms with E-state index in [1.54, 1.807) is 12.3 Å². The van der Waals surface area contributed by atoms with Crippen molar-refractivity contribution in [3.63, 3.8) is 0 Å². The molecule has 0 spiro atoms. The van der Waals surface area contributed by atoms with Crippen molar-refractivity contribution in [1.82, 2.24) is 9.97 Å². The summed E-state index contributed by atoms with van der Waals surface area (Å²) in [5.41, 5.74) is 18.7. The maximum atomic E-state index is 14.6. The van der Waals surface area contributed by atoms with Crippen LogP contribution >= 0.6 is 11.6 Å². The average molecular weight is 494 g/mol. The lowest BCUT2D eigenvalue weighted by molar-refractivity contribution is 0.100. The van der Waals surface area contributed by atoms with Crippen molar-refractivity contribution in [2.45, 2.75) is 11.8 Å². The molecule has 5 rings (SSSR count). The molecule has 1 aromatic heterocycles. The lowest BCUT2D eigenvalue weighted by Gasteiger charge is -2.27. The molecule has 2 aromatic carbocycles. The van der Waals surface area contributed by atoms with E-state index in [4.69, 9.17) is 34.2 Å². The highest BCUT2D eigenvalue weighted by Crippen LogP contribution is 2.63. The Morgan fingerprint density at radius 2 is 2.03 bits per heavy atom. The number of fused-ring (bicyclic) bond motifs is 1. The van der Waals surface area contributed by atoms with Crippen molar-refractivity contribution in [3.8, 4) is 0 Å². The van der Waals surface area contributed by atoms with Crippen LogP contribution in [0, 0.1) is 23.1 Å². The van der Waals surface area contributed by atoms with E-state index in [9.17, 15) is 9.18 Å². The van der Waals surface area contributed by atoms with Crippen LogP contribution in [0.4, 0.5) is 16.0 Å². The molecule has 2 heterocycles. The van der Waals surface area contributed by atoms with E-state index in [-0.39, 0.29) is 50.5 Å². The first-order valence-electron chi connectivity index (χ1n) is 11.3. The number of anilines is 2. The molecule has 0 bridgehead atoms. The van der Waals surface area contributed by atoms with Gasteiger partial charge in [-0.3, -0.25) is 10.2 Å². The Labute approximate surface area is 206 Å². The van der Waals surface area contributed by atoms with Crippen LogP contribution in [0.15, 0.2) is 48.7 Å². The van der Waals surface area contributed by atoms with Gasteiger partial charge in [-0.1, -0.05) is 29.8 Å². The third-order valence-electron chi connectivity index (χ3n) is 7.41. The summed E-state index contributed by atoms with van der Waals surface area (Å²) in [6.07, 6.45) is 2.42. The van der Waals surface area contributed by atoms with Gasteiger partial charge in [0.05, 0.1) is 16.9 Å². The second-order valence-electron chi connectivity index (χ2n) is 9.07. The number of carbonyl (C=O) groups is 1. The van der Waals surface area contributed by atoms with Gasteiger partial charge >= 0.3 is 0 Å². The van der Waals surface area contributed by atoms with Crippen molar-refractivity contribution in [3.05, 3.63) is 81.9 Å². The fourth-order valence-corrected chi connectivity index (χ4v) is 5.78. The standard InChI is InChI=1S/C25H25ClFN7O/c26-18-6-5-13(24(31)35)9-14(18)21(29)22-23(30)33-20(10-32-22)34-8-7-15-17(11-34)25(15,12-28)16-3-1-2-4-19(16)27/h1-6,9-10,15,17,29H,7-8,11-12,28H2,(H2,30,33)(H2,31,35)/t15-,17+,25-/m1/s1. The molecule has 0 radical (unpaired) electrons. The van der Waals surface area contributed by atoms with E-state index in [0.29, 0.717) is 30.4 Å². The van der Waals surface area contributed by atoms with Gasteiger partial charge in [-0.15, -0.1) is 0 Å². The number of nitrogen functional groups attached to an aromatic ring is 1. The van der Waals surface area contributed by atoms with Gasteiger partial charge in [0.1, 0.15) is 17.3 Å². The minimum absolute atomic E-state index is 0.0581. The molecule has 180 valence electrons. The number of rotatable bonds is 6. The maximum Gasteiger partial charge on any atom is 0.248 e. The van der Waals surface area contributed by atoms with Crippen LogP contribution in [-0.2, 0) is 5.41 Å². The zero-order chi connectivity index (χ0) is 24.9. The Hall–Kier alpha value is -3.56. The van der Waals surface area contributed by atoms with Crippen LogP contribution in [0.3, 0.4) is 0 Å². The molecular formula is C25H25ClFN7O. The number of amides is 1. The summed E-state index contributed by atoms with van der Waals surface area (Å²) in [7, 11) is 0. The first-order valence-corrected chi connectivity index (χ1v) is 11.7. The topological polar surface area (TPSA) is 148 Å². The van der Waals surface area contributed by atoms with Gasteiger partial charge in [-0.25, -0.2) is 14.4 Å². The number of benzene rings is 2. The third kappa shape index (κ3) is 3.71. The predicted molar refractivity (Wildman–Crippen MR) is 133 cm³/mol. The highest BCUT2D eigenvalue weighted by molar-refractivity contribution is 6.35. The second kappa shape index (κ2) is 8.58. The zero-order valence-corrected chi connectivity index (χ0v) is 19.6. The first-order chi connectivity index (χ1) is 16.8. The largest absolute Gasteiger partial charge is 0.382 e. The number of primary amides is 1. The fourth-order valence-electron chi connectivity index (χ4n) is 5.57. The highest BCUT2D eigenvalue weighted by atomic mass is 35.5. The van der Waals surface area contributed by atoms with Crippen LogP contribution in [0.5, 0.6) is 0 Å².